The van der Waals surface area contributed by atoms with Gasteiger partial charge in [-0.15, -0.1) is 0 Å². The molecule has 0 saturated carbocycles. The van der Waals surface area contributed by atoms with Crippen LogP contribution in [0.1, 0.15) is 10.4 Å². The fourth-order valence-corrected chi connectivity index (χ4v) is 2.61. The molecule has 3 rings (SSSR count). The maximum Gasteiger partial charge on any atom is 0.410 e. The minimum Gasteiger partial charge on any atom is -0.462 e. The molecule has 2 aliphatic heterocycles. The monoisotopic (exact) mass is 269 g/mol. The number of fused-ring (bicyclic) bond motifs is 1. The Morgan fingerprint density at radius 1 is 1.47 bits per heavy atom. The summed E-state index contributed by atoms with van der Waals surface area (Å²) in [7, 11) is 0. The molecule has 1 N–H and O–H groups in total. The number of alkyl carbamates (subject to hydrolysis) is 1. The Kier molecular flexibility index (Phi) is 1.74. The van der Waals surface area contributed by atoms with Crippen molar-refractivity contribution in [2.75, 3.05) is 6.61 Å². The van der Waals surface area contributed by atoms with Gasteiger partial charge in [0.1, 0.15) is 10.6 Å². The largest absolute Gasteiger partial charge is 0.462 e. The number of para-hydroxylation sites is 1. The molecule has 1 aromatic carbocycles. The van der Waals surface area contributed by atoms with Crippen molar-refractivity contribution in [2.45, 2.75) is 10.6 Å². The van der Waals surface area contributed by atoms with Crippen LogP contribution in [0.5, 0.6) is 5.75 Å². The SMILES string of the molecule is O=C1NC2(CO1)Oc1ccccc1C2Br. The molecule has 0 aromatic heterocycles. The van der Waals surface area contributed by atoms with Gasteiger partial charge in [-0.1, -0.05) is 34.1 Å². The Morgan fingerprint density at radius 3 is 2.93 bits per heavy atom. The molecule has 1 aromatic rings. The predicted octanol–water partition coefficient (Wildman–Crippen LogP) is 1.95. The Hall–Kier alpha value is -1.23. The smallest absolute Gasteiger partial charge is 0.410 e. The molecule has 15 heavy (non-hydrogen) atoms. The summed E-state index contributed by atoms with van der Waals surface area (Å²) >= 11 is 3.53. The molecule has 2 unspecified atom stereocenters. The Bertz CT molecular complexity index is 436. The number of halogens is 1. The number of hydrogen-bond acceptors (Lipinski definition) is 3. The van der Waals surface area contributed by atoms with Crippen molar-refractivity contribution in [2.24, 2.45) is 0 Å². The van der Waals surface area contributed by atoms with Crippen molar-refractivity contribution < 1.29 is 14.3 Å². The fraction of sp³-hybridized carbons (Fsp3) is 0.300. The summed E-state index contributed by atoms with van der Waals surface area (Å²) in [5, 5.41) is 2.70. The Balaban J connectivity index is 2.03. The second kappa shape index (κ2) is 2.88. The van der Waals surface area contributed by atoms with Crippen LogP contribution in [0.3, 0.4) is 0 Å². The van der Waals surface area contributed by atoms with Crippen molar-refractivity contribution >= 4 is 22.0 Å². The van der Waals surface area contributed by atoms with E-state index < -0.39 is 11.8 Å². The topological polar surface area (TPSA) is 47.6 Å². The standard InChI is InChI=1S/C10H8BrNO3/c11-8-6-3-1-2-4-7(6)15-10(8)5-14-9(13)12-10/h1-4,8H,5H2,(H,12,13). The average Bonchev–Trinajstić information content (AvgIpc) is 2.72. The van der Waals surface area contributed by atoms with Gasteiger partial charge in [0.15, 0.2) is 6.61 Å². The maximum atomic E-state index is 11.1. The maximum absolute atomic E-state index is 11.1. The van der Waals surface area contributed by atoms with Crippen molar-refractivity contribution in [3.8, 4) is 5.75 Å². The van der Waals surface area contributed by atoms with E-state index in [0.29, 0.717) is 0 Å². The molecule has 1 fully saturated rings. The van der Waals surface area contributed by atoms with E-state index in [4.69, 9.17) is 9.47 Å². The van der Waals surface area contributed by atoms with E-state index in [1.54, 1.807) is 0 Å². The first kappa shape index (κ1) is 9.03. The number of hydrogen-bond donors (Lipinski definition) is 1. The summed E-state index contributed by atoms with van der Waals surface area (Å²) in [4.78, 5) is 11.0. The molecule has 2 heterocycles. The van der Waals surface area contributed by atoms with Crippen LogP contribution in [-0.4, -0.2) is 18.4 Å². The summed E-state index contributed by atoms with van der Waals surface area (Å²) in [6, 6.07) is 7.68. The Morgan fingerprint density at radius 2 is 2.27 bits per heavy atom. The van der Waals surface area contributed by atoms with Crippen LogP contribution in [0.15, 0.2) is 24.3 Å². The summed E-state index contributed by atoms with van der Waals surface area (Å²) < 4.78 is 10.6. The number of benzene rings is 1. The molecule has 1 saturated heterocycles. The highest BCUT2D eigenvalue weighted by Crippen LogP contribution is 2.48. The number of cyclic esters (lactones) is 1. The molecule has 1 amide bonds. The van der Waals surface area contributed by atoms with Gasteiger partial charge in [-0.25, -0.2) is 4.79 Å². The lowest BCUT2D eigenvalue weighted by Gasteiger charge is -2.23. The number of nitrogens with one attached hydrogen (secondary N) is 1. The van der Waals surface area contributed by atoms with Crippen molar-refractivity contribution in [3.05, 3.63) is 29.8 Å². The van der Waals surface area contributed by atoms with Crippen LogP contribution >= 0.6 is 15.9 Å². The quantitative estimate of drug-likeness (QED) is 0.733. The highest BCUT2D eigenvalue weighted by Gasteiger charge is 2.53. The second-order valence-corrected chi connectivity index (χ2v) is 4.51. The fourth-order valence-electron chi connectivity index (χ4n) is 1.89. The van der Waals surface area contributed by atoms with Gasteiger partial charge in [0, 0.05) is 5.56 Å². The van der Waals surface area contributed by atoms with E-state index in [2.05, 4.69) is 21.2 Å². The molecule has 5 heteroatoms. The highest BCUT2D eigenvalue weighted by atomic mass is 79.9. The molecular formula is C10H8BrNO3. The number of ether oxygens (including phenoxy) is 2. The van der Waals surface area contributed by atoms with Crippen LogP contribution < -0.4 is 10.1 Å². The average molecular weight is 270 g/mol. The van der Waals surface area contributed by atoms with Crippen LogP contribution in [-0.2, 0) is 4.74 Å². The number of rotatable bonds is 0. The van der Waals surface area contributed by atoms with Gasteiger partial charge < -0.3 is 9.47 Å². The highest BCUT2D eigenvalue weighted by molar-refractivity contribution is 9.09. The lowest BCUT2D eigenvalue weighted by Crippen LogP contribution is -2.48. The second-order valence-electron chi connectivity index (χ2n) is 3.59. The lowest BCUT2D eigenvalue weighted by molar-refractivity contribution is 0.0607. The molecular weight excluding hydrogens is 262 g/mol. The molecule has 2 atom stereocenters. The number of carbonyl (C=O) groups excluding carboxylic acids is 1. The van der Waals surface area contributed by atoms with Crippen LogP contribution in [0.2, 0.25) is 0 Å². The van der Waals surface area contributed by atoms with E-state index in [0.717, 1.165) is 11.3 Å². The van der Waals surface area contributed by atoms with Gasteiger partial charge in [0.05, 0.1) is 0 Å². The van der Waals surface area contributed by atoms with E-state index in [9.17, 15) is 4.79 Å². The lowest BCUT2D eigenvalue weighted by atomic mass is 10.1. The third kappa shape index (κ3) is 1.16. The van der Waals surface area contributed by atoms with Gasteiger partial charge in [-0.05, 0) is 6.07 Å². The van der Waals surface area contributed by atoms with Crippen LogP contribution in [0.4, 0.5) is 4.79 Å². The predicted molar refractivity (Wildman–Crippen MR) is 56.0 cm³/mol. The van der Waals surface area contributed by atoms with Gasteiger partial charge in [-0.3, -0.25) is 5.32 Å². The van der Waals surface area contributed by atoms with Crippen LogP contribution in [0, 0.1) is 0 Å². The number of amides is 1. The van der Waals surface area contributed by atoms with E-state index in [1.165, 1.54) is 0 Å². The minimum atomic E-state index is -0.777. The zero-order valence-corrected chi connectivity index (χ0v) is 9.28. The zero-order valence-electron chi connectivity index (χ0n) is 7.70. The first-order valence-corrected chi connectivity index (χ1v) is 5.50. The van der Waals surface area contributed by atoms with Gasteiger partial charge >= 0.3 is 6.09 Å². The summed E-state index contributed by atoms with van der Waals surface area (Å²) in [5.41, 5.74) is 0.254. The van der Waals surface area contributed by atoms with Crippen LogP contribution in [0.25, 0.3) is 0 Å². The first-order valence-electron chi connectivity index (χ1n) is 4.58. The molecule has 2 aliphatic rings. The normalized spacial score (nSPS) is 32.1. The van der Waals surface area contributed by atoms with Crippen molar-refractivity contribution in [1.82, 2.24) is 5.32 Å². The molecule has 1 spiro atoms. The minimum absolute atomic E-state index is 0.0763. The summed E-state index contributed by atoms with van der Waals surface area (Å²) in [6.07, 6.45) is -0.438. The van der Waals surface area contributed by atoms with Crippen molar-refractivity contribution in [1.29, 1.82) is 0 Å². The summed E-state index contributed by atoms with van der Waals surface area (Å²) in [6.45, 7) is 0.219. The van der Waals surface area contributed by atoms with E-state index >= 15 is 0 Å². The third-order valence-electron chi connectivity index (χ3n) is 2.62. The molecule has 0 aliphatic carbocycles. The first-order chi connectivity index (χ1) is 7.21. The van der Waals surface area contributed by atoms with E-state index in [1.807, 2.05) is 24.3 Å². The summed E-state index contributed by atoms with van der Waals surface area (Å²) in [5.74, 6) is 0.783. The molecule has 0 radical (unpaired) electrons. The third-order valence-corrected chi connectivity index (χ3v) is 3.86. The van der Waals surface area contributed by atoms with Gasteiger partial charge in [-0.2, -0.15) is 0 Å². The molecule has 4 nitrogen and oxygen atoms in total. The molecule has 0 bridgehead atoms. The van der Waals surface area contributed by atoms with Gasteiger partial charge in [0.2, 0.25) is 5.72 Å². The molecule has 78 valence electrons. The van der Waals surface area contributed by atoms with Gasteiger partial charge in [0.25, 0.3) is 0 Å². The zero-order chi connectivity index (χ0) is 10.5. The number of alkyl halides is 1. The Labute approximate surface area is 94.7 Å². The number of carbonyl (C=O) groups is 1. The van der Waals surface area contributed by atoms with Crippen molar-refractivity contribution in [3.63, 3.8) is 0 Å². The van der Waals surface area contributed by atoms with E-state index in [-0.39, 0.29) is 11.4 Å².